The number of benzene rings is 1. The van der Waals surface area contributed by atoms with Gasteiger partial charge >= 0.3 is 0 Å². The van der Waals surface area contributed by atoms with Crippen LogP contribution in [0.3, 0.4) is 0 Å². The van der Waals surface area contributed by atoms with Gasteiger partial charge in [0.2, 0.25) is 11.8 Å². The van der Waals surface area contributed by atoms with Crippen molar-refractivity contribution in [3.63, 3.8) is 0 Å². The number of imide groups is 2. The standard InChI is InChI=1S/C21H24N6O4/c1-21(22,12-26-9-3-8-24-26)11-23-10-13-4-2-5-14-17(13)20(31)27(19(14)30)15-6-7-16(28)25-18(15)29/h2-5,8-9,15,23H,6-7,10-12,22H2,1H3,(H,25,28,29). The number of rotatable bonds is 7. The number of nitrogens with two attached hydrogens (primary N) is 1. The molecule has 1 saturated heterocycles. The number of piperidine rings is 1. The van der Waals surface area contributed by atoms with E-state index in [1.54, 1.807) is 29.1 Å². The van der Waals surface area contributed by atoms with Crippen molar-refractivity contribution in [2.75, 3.05) is 6.54 Å². The quantitative estimate of drug-likeness (QED) is 0.523. The van der Waals surface area contributed by atoms with Crippen molar-refractivity contribution in [2.45, 2.75) is 44.4 Å². The van der Waals surface area contributed by atoms with Gasteiger partial charge in [-0.1, -0.05) is 12.1 Å². The summed E-state index contributed by atoms with van der Waals surface area (Å²) in [5.74, 6) is -2.05. The summed E-state index contributed by atoms with van der Waals surface area (Å²) in [4.78, 5) is 50.6. The van der Waals surface area contributed by atoms with Crippen LogP contribution in [0.25, 0.3) is 0 Å². The molecule has 4 amide bonds. The molecule has 1 fully saturated rings. The molecular weight excluding hydrogens is 400 g/mol. The van der Waals surface area contributed by atoms with Gasteiger partial charge in [-0.25, -0.2) is 0 Å². The Morgan fingerprint density at radius 2 is 2.03 bits per heavy atom. The van der Waals surface area contributed by atoms with E-state index in [9.17, 15) is 19.2 Å². The second-order valence-corrected chi connectivity index (χ2v) is 8.25. The lowest BCUT2D eigenvalue weighted by Crippen LogP contribution is -2.54. The Balaban J connectivity index is 1.47. The zero-order chi connectivity index (χ0) is 22.2. The molecule has 4 rings (SSSR count). The Morgan fingerprint density at radius 1 is 1.23 bits per heavy atom. The fraction of sp³-hybridized carbons (Fsp3) is 0.381. The first-order valence-corrected chi connectivity index (χ1v) is 10.1. The fourth-order valence-electron chi connectivity index (χ4n) is 4.03. The molecule has 2 unspecified atom stereocenters. The molecule has 1 aromatic heterocycles. The third-order valence-electron chi connectivity index (χ3n) is 5.48. The summed E-state index contributed by atoms with van der Waals surface area (Å²) in [7, 11) is 0. The third-order valence-corrected chi connectivity index (χ3v) is 5.48. The Hall–Kier alpha value is -3.37. The summed E-state index contributed by atoms with van der Waals surface area (Å²) >= 11 is 0. The van der Waals surface area contributed by atoms with Crippen molar-refractivity contribution in [2.24, 2.45) is 5.73 Å². The Morgan fingerprint density at radius 3 is 2.74 bits per heavy atom. The van der Waals surface area contributed by atoms with Crippen LogP contribution in [0, 0.1) is 0 Å². The molecule has 10 heteroatoms. The number of carbonyl (C=O) groups is 4. The average molecular weight is 424 g/mol. The van der Waals surface area contributed by atoms with Gasteiger partial charge in [0.05, 0.1) is 17.7 Å². The number of carbonyl (C=O) groups excluding carboxylic acids is 4. The van der Waals surface area contributed by atoms with Gasteiger partial charge in [-0.15, -0.1) is 0 Å². The van der Waals surface area contributed by atoms with Crippen LogP contribution in [-0.4, -0.2) is 56.4 Å². The molecule has 10 nitrogen and oxygen atoms in total. The van der Waals surface area contributed by atoms with Crippen LogP contribution in [0.2, 0.25) is 0 Å². The second-order valence-electron chi connectivity index (χ2n) is 8.25. The lowest BCUT2D eigenvalue weighted by Gasteiger charge is -2.28. The van der Waals surface area contributed by atoms with Gasteiger partial charge < -0.3 is 11.1 Å². The molecule has 4 N–H and O–H groups in total. The lowest BCUT2D eigenvalue weighted by atomic mass is 10.0. The molecule has 3 heterocycles. The molecule has 1 aromatic carbocycles. The normalized spacial score (nSPS) is 20.6. The minimum Gasteiger partial charge on any atom is -0.323 e. The molecule has 0 spiro atoms. The van der Waals surface area contributed by atoms with E-state index in [0.717, 1.165) is 4.90 Å². The van der Waals surface area contributed by atoms with E-state index in [0.29, 0.717) is 25.2 Å². The number of fused-ring (bicyclic) bond motifs is 1. The van der Waals surface area contributed by atoms with Crippen molar-refractivity contribution in [3.8, 4) is 0 Å². The monoisotopic (exact) mass is 424 g/mol. The van der Waals surface area contributed by atoms with E-state index in [1.807, 2.05) is 19.2 Å². The van der Waals surface area contributed by atoms with Gasteiger partial charge in [-0.3, -0.25) is 34.1 Å². The molecule has 2 atom stereocenters. The molecule has 0 saturated carbocycles. The van der Waals surface area contributed by atoms with E-state index in [-0.39, 0.29) is 24.0 Å². The maximum Gasteiger partial charge on any atom is 0.262 e. The zero-order valence-corrected chi connectivity index (χ0v) is 17.1. The van der Waals surface area contributed by atoms with Gasteiger partial charge in [0.1, 0.15) is 6.04 Å². The zero-order valence-electron chi connectivity index (χ0n) is 17.1. The summed E-state index contributed by atoms with van der Waals surface area (Å²) < 4.78 is 1.75. The topological polar surface area (TPSA) is 139 Å². The first-order valence-electron chi connectivity index (χ1n) is 10.1. The first-order chi connectivity index (χ1) is 14.8. The first kappa shape index (κ1) is 20.9. The molecule has 0 aliphatic carbocycles. The maximum absolute atomic E-state index is 13.1. The number of hydrogen-bond donors (Lipinski definition) is 3. The lowest BCUT2D eigenvalue weighted by molar-refractivity contribution is -0.136. The average Bonchev–Trinajstić information content (AvgIpc) is 3.29. The van der Waals surface area contributed by atoms with Crippen LogP contribution >= 0.6 is 0 Å². The van der Waals surface area contributed by atoms with Crippen LogP contribution in [0.5, 0.6) is 0 Å². The van der Waals surface area contributed by atoms with E-state index >= 15 is 0 Å². The summed E-state index contributed by atoms with van der Waals surface area (Å²) in [6, 6.07) is 5.91. The molecule has 2 aromatic rings. The van der Waals surface area contributed by atoms with Gasteiger partial charge in [0, 0.05) is 37.4 Å². The highest BCUT2D eigenvalue weighted by Gasteiger charge is 2.45. The number of nitrogens with one attached hydrogen (secondary N) is 2. The van der Waals surface area contributed by atoms with Crippen LogP contribution in [0.1, 0.15) is 46.0 Å². The summed E-state index contributed by atoms with van der Waals surface area (Å²) in [6.07, 6.45) is 3.74. The van der Waals surface area contributed by atoms with E-state index in [4.69, 9.17) is 5.73 Å². The Labute approximate surface area is 178 Å². The van der Waals surface area contributed by atoms with Crippen LogP contribution < -0.4 is 16.4 Å². The van der Waals surface area contributed by atoms with Crippen molar-refractivity contribution in [1.29, 1.82) is 0 Å². The van der Waals surface area contributed by atoms with Crippen molar-refractivity contribution >= 4 is 23.6 Å². The fourth-order valence-corrected chi connectivity index (χ4v) is 4.03. The summed E-state index contributed by atoms with van der Waals surface area (Å²) in [5, 5.41) is 9.62. The van der Waals surface area contributed by atoms with Crippen molar-refractivity contribution < 1.29 is 19.2 Å². The minimum atomic E-state index is -0.979. The van der Waals surface area contributed by atoms with Crippen LogP contribution in [0.4, 0.5) is 0 Å². The maximum atomic E-state index is 13.1. The van der Waals surface area contributed by atoms with E-state index < -0.39 is 35.2 Å². The Kier molecular flexibility index (Phi) is 5.42. The van der Waals surface area contributed by atoms with E-state index in [1.165, 1.54) is 0 Å². The van der Waals surface area contributed by atoms with Crippen LogP contribution in [0.15, 0.2) is 36.7 Å². The summed E-state index contributed by atoms with van der Waals surface area (Å²) in [5.41, 5.74) is 6.98. The molecule has 0 bridgehead atoms. The molecule has 2 aliphatic rings. The van der Waals surface area contributed by atoms with Crippen molar-refractivity contribution in [1.82, 2.24) is 25.3 Å². The minimum absolute atomic E-state index is 0.0869. The number of amides is 4. The van der Waals surface area contributed by atoms with Crippen LogP contribution in [-0.2, 0) is 22.7 Å². The van der Waals surface area contributed by atoms with Gasteiger partial charge in [0.25, 0.3) is 11.8 Å². The highest BCUT2D eigenvalue weighted by molar-refractivity contribution is 6.24. The molecular formula is C21H24N6O4. The highest BCUT2D eigenvalue weighted by atomic mass is 16.2. The van der Waals surface area contributed by atoms with E-state index in [2.05, 4.69) is 15.7 Å². The van der Waals surface area contributed by atoms with Gasteiger partial charge in [-0.2, -0.15) is 5.10 Å². The second kappa shape index (κ2) is 8.05. The largest absolute Gasteiger partial charge is 0.323 e. The van der Waals surface area contributed by atoms with Crippen molar-refractivity contribution in [3.05, 3.63) is 53.3 Å². The molecule has 31 heavy (non-hydrogen) atoms. The smallest absolute Gasteiger partial charge is 0.262 e. The predicted molar refractivity (Wildman–Crippen MR) is 110 cm³/mol. The Bertz CT molecular complexity index is 1050. The summed E-state index contributed by atoms with van der Waals surface area (Å²) in [6.45, 7) is 3.20. The molecule has 0 radical (unpaired) electrons. The SMILES string of the molecule is CC(N)(CNCc1cccc2c1C(=O)N(C1CCC(=O)NC1=O)C2=O)Cn1cccn1. The van der Waals surface area contributed by atoms with Gasteiger partial charge in [-0.05, 0) is 31.0 Å². The molecule has 162 valence electrons. The predicted octanol–water partition coefficient (Wildman–Crippen LogP) is -0.208. The molecule has 2 aliphatic heterocycles. The third kappa shape index (κ3) is 4.12. The van der Waals surface area contributed by atoms with Gasteiger partial charge in [0.15, 0.2) is 0 Å². The number of aromatic nitrogens is 2. The highest BCUT2D eigenvalue weighted by Crippen LogP contribution is 2.29. The number of hydrogen-bond acceptors (Lipinski definition) is 7. The number of nitrogens with zero attached hydrogens (tertiary/aromatic N) is 3.